The lowest BCUT2D eigenvalue weighted by Crippen LogP contribution is -1.99. The molecule has 0 bridgehead atoms. The molecule has 0 unspecified atom stereocenters. The summed E-state index contributed by atoms with van der Waals surface area (Å²) in [5, 5.41) is 11.0. The van der Waals surface area contributed by atoms with Crippen LogP contribution >= 0.6 is 0 Å². The third kappa shape index (κ3) is 1.60. The van der Waals surface area contributed by atoms with Gasteiger partial charge in [-0.3, -0.25) is 10.1 Å². The van der Waals surface area contributed by atoms with Gasteiger partial charge >= 0.3 is 11.9 Å². The Morgan fingerprint density at radius 2 is 2.19 bits per heavy atom. The number of benzene rings is 1. The van der Waals surface area contributed by atoms with Crippen LogP contribution in [-0.4, -0.2) is 18.0 Å². The number of esters is 1. The minimum absolute atomic E-state index is 0.325. The highest BCUT2D eigenvalue weighted by Gasteiger charge is 2.15. The number of furan rings is 1. The van der Waals surface area contributed by atoms with Gasteiger partial charge in [0.2, 0.25) is 0 Å². The van der Waals surface area contributed by atoms with Crippen LogP contribution in [0.25, 0.3) is 11.0 Å². The Morgan fingerprint density at radius 1 is 1.44 bits per heavy atom. The third-order valence-electron chi connectivity index (χ3n) is 2.10. The zero-order valence-corrected chi connectivity index (χ0v) is 8.30. The largest absolute Gasteiger partial charge is 0.465 e. The number of hydrogen-bond donors (Lipinski definition) is 0. The molecular formula is C10H7NO5. The molecule has 0 radical (unpaired) electrons. The Labute approximate surface area is 89.6 Å². The molecular weight excluding hydrogens is 214 g/mol. The summed E-state index contributed by atoms with van der Waals surface area (Å²) in [6.45, 7) is 0. The average molecular weight is 221 g/mol. The van der Waals surface area contributed by atoms with Crippen molar-refractivity contribution in [2.75, 3.05) is 7.11 Å². The first-order valence-electron chi connectivity index (χ1n) is 4.38. The first-order chi connectivity index (χ1) is 7.61. The standard InChI is InChI=1S/C10H7NO5/c1-15-10(12)6-2-3-8-7(4-6)5-9(16-8)11(13)14/h2-5H,1H3. The van der Waals surface area contributed by atoms with E-state index in [9.17, 15) is 14.9 Å². The van der Waals surface area contributed by atoms with E-state index in [1.807, 2.05) is 0 Å². The smallest absolute Gasteiger partial charge is 0.434 e. The van der Waals surface area contributed by atoms with Crippen molar-refractivity contribution in [3.05, 3.63) is 39.9 Å². The fourth-order valence-electron chi connectivity index (χ4n) is 1.36. The van der Waals surface area contributed by atoms with Gasteiger partial charge in [0, 0.05) is 5.39 Å². The predicted molar refractivity (Wildman–Crippen MR) is 54.2 cm³/mol. The molecule has 0 saturated carbocycles. The lowest BCUT2D eigenvalue weighted by Gasteiger charge is -1.97. The van der Waals surface area contributed by atoms with Gasteiger partial charge in [-0.1, -0.05) is 0 Å². The van der Waals surface area contributed by atoms with E-state index in [2.05, 4.69) is 4.74 Å². The van der Waals surface area contributed by atoms with Crippen LogP contribution in [-0.2, 0) is 4.74 Å². The van der Waals surface area contributed by atoms with E-state index in [0.717, 1.165) is 0 Å². The fourth-order valence-corrected chi connectivity index (χ4v) is 1.36. The fraction of sp³-hybridized carbons (Fsp3) is 0.100. The Balaban J connectivity index is 2.53. The molecule has 0 amide bonds. The van der Waals surface area contributed by atoms with Crippen LogP contribution < -0.4 is 0 Å². The van der Waals surface area contributed by atoms with E-state index in [0.29, 0.717) is 16.5 Å². The van der Waals surface area contributed by atoms with Gasteiger partial charge in [-0.2, -0.15) is 0 Å². The molecule has 0 aliphatic carbocycles. The monoisotopic (exact) mass is 221 g/mol. The third-order valence-corrected chi connectivity index (χ3v) is 2.10. The van der Waals surface area contributed by atoms with E-state index in [1.54, 1.807) is 0 Å². The van der Waals surface area contributed by atoms with Crippen LogP contribution in [0.2, 0.25) is 0 Å². The molecule has 16 heavy (non-hydrogen) atoms. The van der Waals surface area contributed by atoms with Crippen molar-refractivity contribution in [3.8, 4) is 0 Å². The number of fused-ring (bicyclic) bond motifs is 1. The lowest BCUT2D eigenvalue weighted by atomic mass is 10.2. The zero-order chi connectivity index (χ0) is 11.7. The van der Waals surface area contributed by atoms with Crippen molar-refractivity contribution < 1.29 is 18.9 Å². The van der Waals surface area contributed by atoms with Gasteiger partial charge < -0.3 is 9.15 Å². The second kappa shape index (κ2) is 3.65. The average Bonchev–Trinajstić information content (AvgIpc) is 2.70. The van der Waals surface area contributed by atoms with Crippen LogP contribution in [0.15, 0.2) is 28.7 Å². The Morgan fingerprint density at radius 3 is 2.81 bits per heavy atom. The number of methoxy groups -OCH3 is 1. The van der Waals surface area contributed by atoms with E-state index >= 15 is 0 Å². The van der Waals surface area contributed by atoms with Crippen LogP contribution in [0.1, 0.15) is 10.4 Å². The molecule has 2 rings (SSSR count). The number of carbonyl (C=O) groups is 1. The molecule has 1 heterocycles. The molecule has 2 aromatic rings. The van der Waals surface area contributed by atoms with Crippen molar-refractivity contribution in [2.24, 2.45) is 0 Å². The van der Waals surface area contributed by atoms with Gasteiger partial charge in [-0.05, 0) is 18.2 Å². The lowest BCUT2D eigenvalue weighted by molar-refractivity contribution is -0.401. The normalized spacial score (nSPS) is 10.3. The van der Waals surface area contributed by atoms with Crippen molar-refractivity contribution in [2.45, 2.75) is 0 Å². The Kier molecular flexibility index (Phi) is 2.32. The Hall–Kier alpha value is -2.37. The minimum atomic E-state index is -0.627. The summed E-state index contributed by atoms with van der Waals surface area (Å²) in [4.78, 5) is 21.0. The second-order valence-electron chi connectivity index (χ2n) is 3.09. The van der Waals surface area contributed by atoms with Gasteiger partial charge in [-0.15, -0.1) is 0 Å². The van der Waals surface area contributed by atoms with Crippen LogP contribution in [0.5, 0.6) is 0 Å². The van der Waals surface area contributed by atoms with E-state index in [-0.39, 0.29) is 5.88 Å². The summed E-state index contributed by atoms with van der Waals surface area (Å²) in [5.74, 6) is -0.845. The second-order valence-corrected chi connectivity index (χ2v) is 3.09. The molecule has 0 saturated heterocycles. The molecule has 1 aromatic heterocycles. The van der Waals surface area contributed by atoms with Crippen LogP contribution in [0, 0.1) is 10.1 Å². The highest BCUT2D eigenvalue weighted by atomic mass is 16.6. The molecule has 1 aromatic carbocycles. The van der Waals surface area contributed by atoms with E-state index < -0.39 is 10.9 Å². The van der Waals surface area contributed by atoms with Crippen molar-refractivity contribution in [1.82, 2.24) is 0 Å². The maximum Gasteiger partial charge on any atom is 0.434 e. The summed E-state index contributed by atoms with van der Waals surface area (Å²) in [7, 11) is 1.27. The number of nitro groups is 1. The molecule has 82 valence electrons. The van der Waals surface area contributed by atoms with Crippen molar-refractivity contribution in [1.29, 1.82) is 0 Å². The van der Waals surface area contributed by atoms with E-state index in [4.69, 9.17) is 4.42 Å². The topological polar surface area (TPSA) is 82.6 Å². The summed E-state index contributed by atoms with van der Waals surface area (Å²) in [5.41, 5.74) is 0.685. The molecule has 6 nitrogen and oxygen atoms in total. The number of ether oxygens (including phenoxy) is 1. The first-order valence-corrected chi connectivity index (χ1v) is 4.38. The van der Waals surface area contributed by atoms with Crippen LogP contribution in [0.3, 0.4) is 0 Å². The summed E-state index contributed by atoms with van der Waals surface area (Å²) in [6, 6.07) is 5.73. The highest BCUT2D eigenvalue weighted by molar-refractivity contribution is 5.94. The zero-order valence-electron chi connectivity index (χ0n) is 8.30. The van der Waals surface area contributed by atoms with Crippen molar-refractivity contribution in [3.63, 3.8) is 0 Å². The minimum Gasteiger partial charge on any atom is -0.465 e. The first kappa shape index (κ1) is 10.2. The Bertz CT molecular complexity index is 572. The number of rotatable bonds is 2. The molecule has 0 aliphatic heterocycles. The van der Waals surface area contributed by atoms with Gasteiger partial charge in [0.25, 0.3) is 0 Å². The molecule has 0 spiro atoms. The predicted octanol–water partition coefficient (Wildman–Crippen LogP) is 2.13. The summed E-state index contributed by atoms with van der Waals surface area (Å²) in [6.07, 6.45) is 0. The summed E-state index contributed by atoms with van der Waals surface area (Å²) < 4.78 is 9.48. The summed E-state index contributed by atoms with van der Waals surface area (Å²) >= 11 is 0. The molecule has 0 atom stereocenters. The van der Waals surface area contributed by atoms with Gasteiger partial charge in [-0.25, -0.2) is 4.79 Å². The molecule has 6 heteroatoms. The maximum absolute atomic E-state index is 11.2. The molecule has 0 aliphatic rings. The molecule has 0 N–H and O–H groups in total. The SMILES string of the molecule is COC(=O)c1ccc2oc([N+](=O)[O-])cc2c1. The van der Waals surface area contributed by atoms with Crippen molar-refractivity contribution >= 4 is 22.8 Å². The highest BCUT2D eigenvalue weighted by Crippen LogP contribution is 2.25. The van der Waals surface area contributed by atoms with Gasteiger partial charge in [0.15, 0.2) is 0 Å². The van der Waals surface area contributed by atoms with Crippen LogP contribution in [0.4, 0.5) is 5.88 Å². The molecule has 0 fully saturated rings. The number of carbonyl (C=O) groups excluding carboxylic acids is 1. The quantitative estimate of drug-likeness (QED) is 0.440. The number of nitrogens with zero attached hydrogens (tertiary/aromatic N) is 1. The van der Waals surface area contributed by atoms with Gasteiger partial charge in [0.1, 0.15) is 10.5 Å². The number of hydrogen-bond acceptors (Lipinski definition) is 5. The van der Waals surface area contributed by atoms with Gasteiger partial charge in [0.05, 0.1) is 18.7 Å². The maximum atomic E-state index is 11.2. The van der Waals surface area contributed by atoms with E-state index in [1.165, 1.54) is 31.4 Å².